The summed E-state index contributed by atoms with van der Waals surface area (Å²) in [4.78, 5) is 14.4. The van der Waals surface area contributed by atoms with E-state index in [1.165, 1.54) is 0 Å². The van der Waals surface area contributed by atoms with Crippen LogP contribution in [0.5, 0.6) is 0 Å². The summed E-state index contributed by atoms with van der Waals surface area (Å²) in [5.41, 5.74) is 1.99. The summed E-state index contributed by atoms with van der Waals surface area (Å²) in [5, 5.41) is 7.62. The van der Waals surface area contributed by atoms with Crippen LogP contribution >= 0.6 is 23.1 Å². The van der Waals surface area contributed by atoms with Gasteiger partial charge in [0.25, 0.3) is 0 Å². The first-order valence-electron chi connectivity index (χ1n) is 9.53. The fourth-order valence-electron chi connectivity index (χ4n) is 3.05. The van der Waals surface area contributed by atoms with E-state index in [-0.39, 0.29) is 0 Å². The molecule has 1 aliphatic heterocycles. The zero-order valence-corrected chi connectivity index (χ0v) is 18.9. The van der Waals surface area contributed by atoms with Crippen LogP contribution < -0.4 is 14.9 Å². The second-order valence-corrected chi connectivity index (χ2v) is 10.4. The Morgan fingerprint density at radius 2 is 2.07 bits per heavy atom. The Bertz CT molecular complexity index is 993. The zero-order valence-electron chi connectivity index (χ0n) is 16.4. The molecule has 2 N–H and O–H groups in total. The van der Waals surface area contributed by atoms with Crippen LogP contribution in [0.2, 0.25) is 0 Å². The molecule has 1 aliphatic rings. The molecule has 29 heavy (non-hydrogen) atoms. The average molecular weight is 449 g/mol. The van der Waals surface area contributed by atoms with Crippen molar-refractivity contribution in [2.24, 2.45) is 5.92 Å². The van der Waals surface area contributed by atoms with Gasteiger partial charge in [-0.1, -0.05) is 18.3 Å². The normalized spacial score (nSPS) is 17.6. The van der Waals surface area contributed by atoms with Crippen molar-refractivity contribution in [1.82, 2.24) is 15.0 Å². The van der Waals surface area contributed by atoms with Gasteiger partial charge in [0.2, 0.25) is 5.95 Å². The first-order chi connectivity index (χ1) is 14.1. The third-order valence-electron chi connectivity index (χ3n) is 4.66. The number of nitrogens with one attached hydrogen (secondary N) is 2. The summed E-state index contributed by atoms with van der Waals surface area (Å²) < 4.78 is 15.2. The maximum Gasteiger partial charge on any atom is 0.222 e. The maximum atomic E-state index is 12.1. The minimum absolute atomic E-state index is 0.383. The summed E-state index contributed by atoms with van der Waals surface area (Å²) in [6.45, 7) is 4.61. The van der Waals surface area contributed by atoms with Crippen LogP contribution in [0.1, 0.15) is 13.3 Å². The topological polar surface area (TPSA) is 83.0 Å². The van der Waals surface area contributed by atoms with E-state index in [0.29, 0.717) is 11.9 Å². The Kier molecular flexibility index (Phi) is 6.51. The van der Waals surface area contributed by atoms with Crippen molar-refractivity contribution < 1.29 is 4.21 Å². The zero-order chi connectivity index (χ0) is 20.2. The van der Waals surface area contributed by atoms with Crippen molar-refractivity contribution in [3.63, 3.8) is 0 Å². The van der Waals surface area contributed by atoms with Crippen molar-refractivity contribution in [2.45, 2.75) is 18.2 Å². The Morgan fingerprint density at radius 3 is 2.79 bits per heavy atom. The number of thiazole rings is 1. The molecule has 0 amide bonds. The van der Waals surface area contributed by atoms with Gasteiger partial charge in [0.15, 0.2) is 5.13 Å². The molecule has 2 atom stereocenters. The van der Waals surface area contributed by atoms with Crippen molar-refractivity contribution in [3.05, 3.63) is 30.6 Å². The second-order valence-electron chi connectivity index (χ2n) is 6.97. The van der Waals surface area contributed by atoms with Gasteiger partial charge in [-0.2, -0.15) is 0 Å². The van der Waals surface area contributed by atoms with Crippen molar-refractivity contribution >= 4 is 61.1 Å². The van der Waals surface area contributed by atoms with Gasteiger partial charge in [0.05, 0.1) is 15.9 Å². The summed E-state index contributed by atoms with van der Waals surface area (Å²) in [6.07, 6.45) is 6.65. The molecule has 1 aromatic carbocycles. The highest BCUT2D eigenvalue weighted by atomic mass is 32.2. The molecule has 2 unspecified atom stereocenters. The predicted octanol–water partition coefficient (Wildman–Crippen LogP) is 3.84. The van der Waals surface area contributed by atoms with Gasteiger partial charge in [0.1, 0.15) is 11.0 Å². The van der Waals surface area contributed by atoms with E-state index in [0.717, 1.165) is 57.7 Å². The third-order valence-corrected chi connectivity index (χ3v) is 7.84. The third kappa shape index (κ3) is 4.99. The van der Waals surface area contributed by atoms with Crippen molar-refractivity contribution in [3.8, 4) is 0 Å². The van der Waals surface area contributed by atoms with E-state index in [1.54, 1.807) is 23.1 Å². The molecule has 0 spiro atoms. The summed E-state index contributed by atoms with van der Waals surface area (Å²) in [5.74, 6) is 1.79. The molecule has 1 fully saturated rings. The lowest BCUT2D eigenvalue weighted by Gasteiger charge is -2.15. The van der Waals surface area contributed by atoms with Crippen LogP contribution in [0.15, 0.2) is 35.5 Å². The largest absolute Gasteiger partial charge is 0.361 e. The molecule has 0 aliphatic carbocycles. The lowest BCUT2D eigenvalue weighted by atomic mass is 10.2. The fourth-order valence-corrected chi connectivity index (χ4v) is 5.55. The number of anilines is 3. The number of rotatable bonds is 8. The highest BCUT2D eigenvalue weighted by Gasteiger charge is 2.21. The van der Waals surface area contributed by atoms with Crippen LogP contribution in [-0.4, -0.2) is 50.8 Å². The highest BCUT2D eigenvalue weighted by molar-refractivity contribution is 7.98. The monoisotopic (exact) mass is 448 g/mol. The number of fused-ring (bicyclic) bond motifs is 1. The molecule has 4 rings (SSSR count). The molecule has 10 heteroatoms. The van der Waals surface area contributed by atoms with Crippen molar-refractivity contribution in [1.29, 1.82) is 0 Å². The molecule has 1 saturated heterocycles. The van der Waals surface area contributed by atoms with Gasteiger partial charge >= 0.3 is 0 Å². The molecule has 3 aromatic rings. The fraction of sp³-hybridized carbons (Fsp3) is 0.421. The molecular weight excluding hydrogens is 424 g/mol. The lowest BCUT2D eigenvalue weighted by molar-refractivity contribution is 0.645. The molecule has 2 aromatic heterocycles. The summed E-state index contributed by atoms with van der Waals surface area (Å²) in [6, 6.07) is 6.13. The summed E-state index contributed by atoms with van der Waals surface area (Å²) in [7, 11) is -0.894. The maximum absolute atomic E-state index is 12.1. The Hall–Kier alpha value is -1.91. The van der Waals surface area contributed by atoms with E-state index in [1.807, 2.05) is 35.1 Å². The van der Waals surface area contributed by atoms with Gasteiger partial charge in [-0.3, -0.25) is 4.31 Å². The highest BCUT2D eigenvalue weighted by Crippen LogP contribution is 2.31. The van der Waals surface area contributed by atoms with Gasteiger partial charge in [-0.05, 0) is 36.8 Å². The van der Waals surface area contributed by atoms with Gasteiger partial charge < -0.3 is 10.6 Å². The first kappa shape index (κ1) is 20.4. The predicted molar refractivity (Wildman–Crippen MR) is 125 cm³/mol. The van der Waals surface area contributed by atoms with Crippen molar-refractivity contribution in [2.75, 3.05) is 46.6 Å². The van der Waals surface area contributed by atoms with E-state index in [9.17, 15) is 4.21 Å². The summed E-state index contributed by atoms with van der Waals surface area (Å²) >= 11 is 3.27. The van der Waals surface area contributed by atoms with Gasteiger partial charge in [0, 0.05) is 42.7 Å². The van der Waals surface area contributed by atoms with Crippen LogP contribution in [-0.2, 0) is 11.0 Å². The number of hydrogen-bond acceptors (Lipinski definition) is 8. The standard InChI is InChI=1S/C19H24N6OS3/c1-13(9-20-18-21-11-15(27-2)12-22-18)10-23-19-24-16-5-4-14(8-17(16)28-19)25-6-3-7-29(25)26/h4-5,8,11-13H,3,6-7,9-10H2,1-2H3,(H,23,24)(H,20,21,22). The molecule has 0 bridgehead atoms. The van der Waals surface area contributed by atoms with Crippen LogP contribution in [0.25, 0.3) is 10.2 Å². The van der Waals surface area contributed by atoms with E-state index < -0.39 is 11.0 Å². The lowest BCUT2D eigenvalue weighted by Crippen LogP contribution is -2.20. The first-order valence-corrected chi connectivity index (χ1v) is 12.8. The number of nitrogens with zero attached hydrogens (tertiary/aromatic N) is 4. The molecule has 0 radical (unpaired) electrons. The SMILES string of the molecule is CSc1cnc(NCC(C)CNc2nc3ccc(N4CCCS4=O)cc3s2)nc1. The van der Waals surface area contributed by atoms with Gasteiger partial charge in [-0.25, -0.2) is 19.2 Å². The molecule has 3 heterocycles. The molecule has 0 saturated carbocycles. The van der Waals surface area contributed by atoms with Gasteiger partial charge in [-0.15, -0.1) is 11.8 Å². The molecule has 154 valence electrons. The number of thioether (sulfide) groups is 1. The molecular formula is C19H24N6OS3. The average Bonchev–Trinajstić information content (AvgIpc) is 3.36. The quantitative estimate of drug-likeness (QED) is 0.507. The van der Waals surface area contributed by atoms with E-state index in [4.69, 9.17) is 0 Å². The second kappa shape index (κ2) is 9.27. The minimum Gasteiger partial charge on any atom is -0.361 e. The number of benzene rings is 1. The minimum atomic E-state index is -0.894. The van der Waals surface area contributed by atoms with Crippen LogP contribution in [0.3, 0.4) is 0 Å². The molecule has 7 nitrogen and oxygen atoms in total. The number of aromatic nitrogens is 3. The smallest absolute Gasteiger partial charge is 0.222 e. The van der Waals surface area contributed by atoms with Crippen LogP contribution in [0.4, 0.5) is 16.8 Å². The Balaban J connectivity index is 1.32. The van der Waals surface area contributed by atoms with Crippen LogP contribution in [0, 0.1) is 5.92 Å². The Labute approximate surface area is 181 Å². The van der Waals surface area contributed by atoms with E-state index in [2.05, 4.69) is 38.6 Å². The Morgan fingerprint density at radius 1 is 1.28 bits per heavy atom. The number of hydrogen-bond donors (Lipinski definition) is 2. The van der Waals surface area contributed by atoms with E-state index >= 15 is 0 Å².